The van der Waals surface area contributed by atoms with Gasteiger partial charge in [-0.1, -0.05) is 72.9 Å². The molecule has 0 bridgehead atoms. The fourth-order valence-electron chi connectivity index (χ4n) is 2.49. The van der Waals surface area contributed by atoms with Crippen LogP contribution in [0.25, 0.3) is 0 Å². The molecule has 0 amide bonds. The summed E-state index contributed by atoms with van der Waals surface area (Å²) in [7, 11) is -2.60. The molecule has 1 aromatic carbocycles. The van der Waals surface area contributed by atoms with Gasteiger partial charge in [0.25, 0.3) is 0 Å². The molecule has 0 fully saturated rings. The first-order valence-corrected chi connectivity index (χ1v) is 8.76. The summed E-state index contributed by atoms with van der Waals surface area (Å²) in [6, 6.07) is 9.87. The summed E-state index contributed by atoms with van der Waals surface area (Å²) in [5, 5.41) is 1.91. The molecule has 1 aliphatic carbocycles. The zero-order valence-corrected chi connectivity index (χ0v) is 13.0. The van der Waals surface area contributed by atoms with Crippen molar-refractivity contribution < 1.29 is 4.57 Å². The van der Waals surface area contributed by atoms with Gasteiger partial charge < -0.3 is 4.57 Å². The highest BCUT2D eigenvalue weighted by molar-refractivity contribution is 7.76. The van der Waals surface area contributed by atoms with Crippen LogP contribution < -0.4 is 5.30 Å². The second-order valence-electron chi connectivity index (χ2n) is 4.94. The second-order valence-corrected chi connectivity index (χ2v) is 8.14. The maximum atomic E-state index is 13.8. The van der Waals surface area contributed by atoms with Gasteiger partial charge in [-0.2, -0.15) is 0 Å². The molecule has 0 spiro atoms. The van der Waals surface area contributed by atoms with Crippen LogP contribution in [0.5, 0.6) is 0 Å². The van der Waals surface area contributed by atoms with Crippen LogP contribution in [0, 0.1) is 0 Å². The molecule has 0 aromatic heterocycles. The third-order valence-corrected chi connectivity index (χ3v) is 7.20. The van der Waals surface area contributed by atoms with Crippen LogP contribution in [0.4, 0.5) is 0 Å². The number of rotatable bonds is 4. The van der Waals surface area contributed by atoms with Gasteiger partial charge in [-0.05, 0) is 25.6 Å². The largest absolute Gasteiger partial charge is 0.313 e. The fraction of sp³-hybridized carbons (Fsp3) is 0.222. The molecule has 104 valence electrons. The first-order chi connectivity index (χ1) is 9.69. The highest BCUT2D eigenvalue weighted by Crippen LogP contribution is 2.58. The standard InChI is InChI=1S/C18H21OP/c1-3-4-11-16(2)20(19,17-12-7-5-8-13-17)18-14-9-6-10-15-18/h3-14,18H,15H2,1-2H3/b4-3-,16-11+. The molecule has 2 rings (SSSR count). The molecule has 2 atom stereocenters. The third kappa shape index (κ3) is 2.94. The van der Waals surface area contributed by atoms with Gasteiger partial charge in [0, 0.05) is 11.0 Å². The molecule has 0 N–H and O–H groups in total. The molecule has 2 unspecified atom stereocenters. The van der Waals surface area contributed by atoms with Crippen molar-refractivity contribution in [3.05, 3.63) is 78.2 Å². The molecular weight excluding hydrogens is 263 g/mol. The van der Waals surface area contributed by atoms with Crippen LogP contribution in [0.1, 0.15) is 20.3 Å². The summed E-state index contributed by atoms with van der Waals surface area (Å²) in [6.07, 6.45) is 15.0. The van der Waals surface area contributed by atoms with E-state index in [4.69, 9.17) is 0 Å². The Hall–Kier alpha value is -1.59. The zero-order valence-electron chi connectivity index (χ0n) is 12.1. The average molecular weight is 284 g/mol. The smallest absolute Gasteiger partial charge is 0.145 e. The zero-order chi connectivity index (χ0) is 14.4. The molecule has 0 heterocycles. The van der Waals surface area contributed by atoms with E-state index in [0.29, 0.717) is 0 Å². The van der Waals surface area contributed by atoms with E-state index in [1.165, 1.54) is 0 Å². The van der Waals surface area contributed by atoms with E-state index in [1.54, 1.807) is 0 Å². The number of hydrogen-bond donors (Lipinski definition) is 0. The lowest BCUT2D eigenvalue weighted by Crippen LogP contribution is -2.17. The SMILES string of the molecule is C/C=C\C=C(/C)P(=O)(c1ccccc1)C1C=CC=CC1. The van der Waals surface area contributed by atoms with Crippen molar-refractivity contribution in [3.8, 4) is 0 Å². The Kier molecular flexibility index (Phi) is 4.98. The van der Waals surface area contributed by atoms with E-state index in [2.05, 4.69) is 12.2 Å². The molecule has 0 saturated carbocycles. The number of hydrogen-bond acceptors (Lipinski definition) is 1. The van der Waals surface area contributed by atoms with E-state index in [0.717, 1.165) is 17.0 Å². The number of allylic oxidation sites excluding steroid dienone is 8. The Labute approximate surface area is 121 Å². The number of benzene rings is 1. The first kappa shape index (κ1) is 14.8. The van der Waals surface area contributed by atoms with Crippen LogP contribution in [-0.2, 0) is 4.57 Å². The summed E-state index contributed by atoms with van der Waals surface area (Å²) >= 11 is 0. The lowest BCUT2D eigenvalue weighted by atomic mass is 10.2. The van der Waals surface area contributed by atoms with Gasteiger partial charge in [-0.25, -0.2) is 0 Å². The Bertz CT molecular complexity index is 606. The van der Waals surface area contributed by atoms with E-state index in [-0.39, 0.29) is 5.66 Å². The highest BCUT2D eigenvalue weighted by Gasteiger charge is 2.34. The molecule has 2 heteroatoms. The summed E-state index contributed by atoms with van der Waals surface area (Å²) in [4.78, 5) is 0. The van der Waals surface area contributed by atoms with Gasteiger partial charge in [0.1, 0.15) is 7.14 Å². The van der Waals surface area contributed by atoms with Crippen molar-refractivity contribution >= 4 is 12.4 Å². The predicted octanol–water partition coefficient (Wildman–Crippen LogP) is 5.04. The fourth-order valence-corrected chi connectivity index (χ4v) is 5.49. The molecule has 0 radical (unpaired) electrons. The second kappa shape index (κ2) is 6.72. The minimum absolute atomic E-state index is 0.0661. The quantitative estimate of drug-likeness (QED) is 0.559. The third-order valence-electron chi connectivity index (χ3n) is 3.62. The molecule has 1 aliphatic rings. The lowest BCUT2D eigenvalue weighted by molar-refractivity contribution is 0.580. The van der Waals surface area contributed by atoms with Crippen LogP contribution >= 0.6 is 7.14 Å². The van der Waals surface area contributed by atoms with Crippen molar-refractivity contribution in [2.75, 3.05) is 0 Å². The summed E-state index contributed by atoms with van der Waals surface area (Å²) in [6.45, 7) is 3.96. The van der Waals surface area contributed by atoms with E-state index < -0.39 is 7.14 Å². The summed E-state index contributed by atoms with van der Waals surface area (Å²) in [5.41, 5.74) is 0.0661. The van der Waals surface area contributed by atoms with Crippen LogP contribution in [0.3, 0.4) is 0 Å². The highest BCUT2D eigenvalue weighted by atomic mass is 31.2. The van der Waals surface area contributed by atoms with Crippen molar-refractivity contribution in [1.29, 1.82) is 0 Å². The van der Waals surface area contributed by atoms with Crippen molar-refractivity contribution in [3.63, 3.8) is 0 Å². The Morgan fingerprint density at radius 2 is 2.00 bits per heavy atom. The van der Waals surface area contributed by atoms with Crippen LogP contribution in [-0.4, -0.2) is 5.66 Å². The maximum absolute atomic E-state index is 13.8. The topological polar surface area (TPSA) is 17.1 Å². The Morgan fingerprint density at radius 1 is 1.25 bits per heavy atom. The van der Waals surface area contributed by atoms with Gasteiger partial charge in [0.15, 0.2) is 0 Å². The van der Waals surface area contributed by atoms with E-state index in [1.807, 2.05) is 74.6 Å². The summed E-state index contributed by atoms with van der Waals surface area (Å²) < 4.78 is 13.8. The molecule has 1 nitrogen and oxygen atoms in total. The van der Waals surface area contributed by atoms with Gasteiger partial charge >= 0.3 is 0 Å². The molecule has 0 aliphatic heterocycles. The Morgan fingerprint density at radius 3 is 2.60 bits per heavy atom. The van der Waals surface area contributed by atoms with Gasteiger partial charge in [-0.15, -0.1) is 0 Å². The maximum Gasteiger partial charge on any atom is 0.145 e. The van der Waals surface area contributed by atoms with Crippen LogP contribution in [0.15, 0.2) is 78.2 Å². The van der Waals surface area contributed by atoms with Crippen molar-refractivity contribution in [2.24, 2.45) is 0 Å². The van der Waals surface area contributed by atoms with Crippen molar-refractivity contribution in [1.82, 2.24) is 0 Å². The van der Waals surface area contributed by atoms with Crippen molar-refractivity contribution in [2.45, 2.75) is 25.9 Å². The first-order valence-electron chi connectivity index (χ1n) is 6.98. The normalized spacial score (nSPS) is 22.1. The van der Waals surface area contributed by atoms with E-state index in [9.17, 15) is 4.57 Å². The lowest BCUT2D eigenvalue weighted by Gasteiger charge is -2.27. The Balaban J connectivity index is 2.51. The predicted molar refractivity (Wildman–Crippen MR) is 88.9 cm³/mol. The molecule has 1 aromatic rings. The average Bonchev–Trinajstić information content (AvgIpc) is 2.53. The molecule has 20 heavy (non-hydrogen) atoms. The molecule has 0 saturated heterocycles. The minimum Gasteiger partial charge on any atom is -0.313 e. The summed E-state index contributed by atoms with van der Waals surface area (Å²) in [5.74, 6) is 0. The van der Waals surface area contributed by atoms with Gasteiger partial charge in [0.05, 0.1) is 0 Å². The monoisotopic (exact) mass is 284 g/mol. The molecular formula is C18H21OP. The minimum atomic E-state index is -2.60. The van der Waals surface area contributed by atoms with Gasteiger partial charge in [0.2, 0.25) is 0 Å². The van der Waals surface area contributed by atoms with Gasteiger partial charge in [-0.3, -0.25) is 0 Å². The van der Waals surface area contributed by atoms with Crippen LogP contribution in [0.2, 0.25) is 0 Å². The van der Waals surface area contributed by atoms with E-state index >= 15 is 0 Å².